The van der Waals surface area contributed by atoms with Crippen LogP contribution in [0.4, 0.5) is 4.79 Å². The van der Waals surface area contributed by atoms with Crippen molar-refractivity contribution in [1.29, 1.82) is 0 Å². The lowest BCUT2D eigenvalue weighted by Crippen LogP contribution is -2.46. The largest absolute Gasteiger partial charge is 0.450 e. The van der Waals surface area contributed by atoms with Gasteiger partial charge in [0.2, 0.25) is 0 Å². The molecule has 4 nitrogen and oxygen atoms in total. The monoisotopic (exact) mass is 213 g/mol. The van der Waals surface area contributed by atoms with Crippen molar-refractivity contribution in [3.63, 3.8) is 0 Å². The standard InChI is InChI=1S/C11H19NO3/c1-3-5-11(14)6-8-12(9-7-11)10(13)15-4-2/h3,14H,1,4-9H2,2H3. The summed E-state index contributed by atoms with van der Waals surface area (Å²) in [5, 5.41) is 10.1. The second-order valence-corrected chi connectivity index (χ2v) is 3.90. The van der Waals surface area contributed by atoms with Gasteiger partial charge in [-0.05, 0) is 26.2 Å². The van der Waals surface area contributed by atoms with Gasteiger partial charge in [-0.2, -0.15) is 0 Å². The predicted molar refractivity (Wildman–Crippen MR) is 57.6 cm³/mol. The molecule has 0 aromatic heterocycles. The van der Waals surface area contributed by atoms with Gasteiger partial charge in [0.25, 0.3) is 0 Å². The number of amides is 1. The van der Waals surface area contributed by atoms with Crippen LogP contribution in [-0.2, 0) is 4.74 Å². The number of carbonyl (C=O) groups excluding carboxylic acids is 1. The van der Waals surface area contributed by atoms with E-state index >= 15 is 0 Å². The Morgan fingerprint density at radius 2 is 2.20 bits per heavy atom. The second-order valence-electron chi connectivity index (χ2n) is 3.90. The number of carbonyl (C=O) groups is 1. The van der Waals surface area contributed by atoms with Crippen LogP contribution in [0.2, 0.25) is 0 Å². The molecule has 4 heteroatoms. The Hall–Kier alpha value is -1.03. The summed E-state index contributed by atoms with van der Waals surface area (Å²) in [6.07, 6.45) is 3.22. The quantitative estimate of drug-likeness (QED) is 0.723. The van der Waals surface area contributed by atoms with Gasteiger partial charge in [-0.1, -0.05) is 6.08 Å². The third-order valence-corrected chi connectivity index (χ3v) is 2.74. The zero-order valence-electron chi connectivity index (χ0n) is 9.24. The number of rotatable bonds is 3. The van der Waals surface area contributed by atoms with E-state index in [1.807, 2.05) is 0 Å². The van der Waals surface area contributed by atoms with E-state index in [-0.39, 0.29) is 6.09 Å². The Morgan fingerprint density at radius 1 is 1.60 bits per heavy atom. The number of hydrogen-bond acceptors (Lipinski definition) is 3. The lowest BCUT2D eigenvalue weighted by molar-refractivity contribution is -0.0174. The van der Waals surface area contributed by atoms with Gasteiger partial charge in [-0.25, -0.2) is 4.79 Å². The molecule has 0 saturated carbocycles. The minimum atomic E-state index is -0.676. The zero-order chi connectivity index (χ0) is 11.3. The van der Waals surface area contributed by atoms with Crippen LogP contribution in [0.25, 0.3) is 0 Å². The highest BCUT2D eigenvalue weighted by Gasteiger charge is 2.33. The molecular weight excluding hydrogens is 194 g/mol. The average molecular weight is 213 g/mol. The van der Waals surface area contributed by atoms with E-state index in [0.29, 0.717) is 39.0 Å². The first kappa shape index (κ1) is 12.0. The Kier molecular flexibility index (Phi) is 4.15. The lowest BCUT2D eigenvalue weighted by Gasteiger charge is -2.37. The van der Waals surface area contributed by atoms with E-state index < -0.39 is 5.60 Å². The van der Waals surface area contributed by atoms with Crippen LogP contribution in [0, 0.1) is 0 Å². The summed E-state index contributed by atoms with van der Waals surface area (Å²) in [6, 6.07) is 0. The number of piperidine rings is 1. The van der Waals surface area contributed by atoms with Crippen molar-refractivity contribution in [3.8, 4) is 0 Å². The van der Waals surface area contributed by atoms with Gasteiger partial charge < -0.3 is 14.7 Å². The number of hydrogen-bond donors (Lipinski definition) is 1. The Balaban J connectivity index is 2.41. The number of ether oxygens (including phenoxy) is 1. The van der Waals surface area contributed by atoms with Crippen LogP contribution < -0.4 is 0 Å². The fourth-order valence-corrected chi connectivity index (χ4v) is 1.79. The summed E-state index contributed by atoms with van der Waals surface area (Å²) in [4.78, 5) is 13.0. The van der Waals surface area contributed by atoms with Gasteiger partial charge in [-0.3, -0.25) is 0 Å². The van der Waals surface area contributed by atoms with Crippen molar-refractivity contribution in [3.05, 3.63) is 12.7 Å². The molecule has 1 rings (SSSR count). The van der Waals surface area contributed by atoms with E-state index in [4.69, 9.17) is 4.74 Å². The predicted octanol–water partition coefficient (Wildman–Crippen LogP) is 1.55. The molecule has 86 valence electrons. The van der Waals surface area contributed by atoms with E-state index in [2.05, 4.69) is 6.58 Å². The number of likely N-dealkylation sites (tertiary alicyclic amines) is 1. The second kappa shape index (κ2) is 5.16. The normalized spacial score (nSPS) is 19.7. The molecule has 1 fully saturated rings. The smallest absolute Gasteiger partial charge is 0.409 e. The van der Waals surface area contributed by atoms with Crippen LogP contribution in [0.15, 0.2) is 12.7 Å². The molecule has 1 aliphatic rings. The Bertz CT molecular complexity index is 232. The number of aliphatic hydroxyl groups is 1. The molecule has 1 N–H and O–H groups in total. The van der Waals surface area contributed by atoms with E-state index in [1.54, 1.807) is 17.9 Å². The SMILES string of the molecule is C=CCC1(O)CCN(C(=O)OCC)CC1. The van der Waals surface area contributed by atoms with Gasteiger partial charge in [-0.15, -0.1) is 6.58 Å². The van der Waals surface area contributed by atoms with Crippen molar-refractivity contribution in [2.24, 2.45) is 0 Å². The van der Waals surface area contributed by atoms with E-state index in [9.17, 15) is 9.90 Å². The van der Waals surface area contributed by atoms with Gasteiger partial charge in [0, 0.05) is 13.1 Å². The first-order valence-electron chi connectivity index (χ1n) is 5.36. The molecule has 15 heavy (non-hydrogen) atoms. The molecule has 1 aliphatic heterocycles. The first-order valence-corrected chi connectivity index (χ1v) is 5.36. The van der Waals surface area contributed by atoms with Crippen LogP contribution in [0.1, 0.15) is 26.2 Å². The summed E-state index contributed by atoms with van der Waals surface area (Å²) in [6.45, 7) is 6.92. The number of nitrogens with zero attached hydrogens (tertiary/aromatic N) is 1. The Morgan fingerprint density at radius 3 is 2.67 bits per heavy atom. The average Bonchev–Trinajstić information content (AvgIpc) is 2.19. The molecule has 0 spiro atoms. The summed E-state index contributed by atoms with van der Waals surface area (Å²) in [5.41, 5.74) is -0.676. The van der Waals surface area contributed by atoms with Gasteiger partial charge in [0.1, 0.15) is 0 Å². The van der Waals surface area contributed by atoms with Crippen LogP contribution in [0.5, 0.6) is 0 Å². The molecule has 1 saturated heterocycles. The van der Waals surface area contributed by atoms with Crippen LogP contribution in [-0.4, -0.2) is 41.4 Å². The van der Waals surface area contributed by atoms with Crippen molar-refractivity contribution in [2.75, 3.05) is 19.7 Å². The van der Waals surface area contributed by atoms with Gasteiger partial charge >= 0.3 is 6.09 Å². The summed E-state index contributed by atoms with van der Waals surface area (Å²) in [5.74, 6) is 0. The summed E-state index contributed by atoms with van der Waals surface area (Å²) < 4.78 is 4.89. The third kappa shape index (κ3) is 3.23. The molecule has 0 aliphatic carbocycles. The fourth-order valence-electron chi connectivity index (χ4n) is 1.79. The van der Waals surface area contributed by atoms with Crippen molar-refractivity contribution in [2.45, 2.75) is 31.8 Å². The van der Waals surface area contributed by atoms with Crippen molar-refractivity contribution in [1.82, 2.24) is 4.90 Å². The highest BCUT2D eigenvalue weighted by Crippen LogP contribution is 2.26. The Labute approximate surface area is 90.5 Å². The minimum Gasteiger partial charge on any atom is -0.450 e. The zero-order valence-corrected chi connectivity index (χ0v) is 9.24. The molecule has 0 radical (unpaired) electrons. The molecule has 0 unspecified atom stereocenters. The molecule has 0 atom stereocenters. The van der Waals surface area contributed by atoms with E-state index in [1.165, 1.54) is 0 Å². The third-order valence-electron chi connectivity index (χ3n) is 2.74. The molecule has 0 aromatic carbocycles. The molecule has 0 aromatic rings. The molecule has 0 bridgehead atoms. The maximum absolute atomic E-state index is 11.4. The lowest BCUT2D eigenvalue weighted by atomic mass is 9.88. The summed E-state index contributed by atoms with van der Waals surface area (Å²) in [7, 11) is 0. The van der Waals surface area contributed by atoms with Gasteiger partial charge in [0.05, 0.1) is 12.2 Å². The highest BCUT2D eigenvalue weighted by atomic mass is 16.6. The minimum absolute atomic E-state index is 0.279. The molecule has 1 heterocycles. The fraction of sp³-hybridized carbons (Fsp3) is 0.727. The van der Waals surface area contributed by atoms with Crippen LogP contribution >= 0.6 is 0 Å². The molecule has 1 amide bonds. The van der Waals surface area contributed by atoms with Crippen molar-refractivity contribution < 1.29 is 14.6 Å². The van der Waals surface area contributed by atoms with Gasteiger partial charge in [0.15, 0.2) is 0 Å². The summed E-state index contributed by atoms with van der Waals surface area (Å²) >= 11 is 0. The maximum Gasteiger partial charge on any atom is 0.409 e. The maximum atomic E-state index is 11.4. The van der Waals surface area contributed by atoms with E-state index in [0.717, 1.165) is 0 Å². The first-order chi connectivity index (χ1) is 7.11. The topological polar surface area (TPSA) is 49.8 Å². The molecular formula is C11H19NO3. The van der Waals surface area contributed by atoms with Crippen molar-refractivity contribution >= 4 is 6.09 Å². The van der Waals surface area contributed by atoms with Crippen LogP contribution in [0.3, 0.4) is 0 Å². The highest BCUT2D eigenvalue weighted by molar-refractivity contribution is 5.67.